The first-order chi connectivity index (χ1) is 13.2. The number of carbonyl (C=O) groups excluding carboxylic acids is 1. The SMILES string of the molecule is N#CC(=Cc1cccc(CCCC(=O)Nc2ccccc2)c1)n1cncn1. The van der Waals surface area contributed by atoms with Crippen molar-refractivity contribution >= 4 is 23.4 Å². The molecule has 0 radical (unpaired) electrons. The predicted molar refractivity (Wildman–Crippen MR) is 104 cm³/mol. The van der Waals surface area contributed by atoms with E-state index < -0.39 is 0 Å². The maximum Gasteiger partial charge on any atom is 0.224 e. The fourth-order valence-corrected chi connectivity index (χ4v) is 2.68. The molecule has 3 rings (SSSR count). The Balaban J connectivity index is 1.56. The number of allylic oxidation sites excluding steroid dienone is 1. The first kappa shape index (κ1) is 18.1. The molecule has 0 saturated carbocycles. The van der Waals surface area contributed by atoms with E-state index in [1.165, 1.54) is 17.3 Å². The zero-order valence-electron chi connectivity index (χ0n) is 14.7. The second-order valence-corrected chi connectivity index (χ2v) is 5.99. The molecule has 3 aromatic rings. The Bertz CT molecular complexity index is 956. The number of para-hydroxylation sites is 1. The van der Waals surface area contributed by atoms with Gasteiger partial charge in [-0.2, -0.15) is 10.4 Å². The van der Waals surface area contributed by atoms with Crippen molar-refractivity contribution in [1.29, 1.82) is 5.26 Å². The van der Waals surface area contributed by atoms with Crippen molar-refractivity contribution in [3.63, 3.8) is 0 Å². The number of hydrogen-bond donors (Lipinski definition) is 1. The summed E-state index contributed by atoms with van der Waals surface area (Å²) in [5.41, 5.74) is 3.24. The number of aromatic nitrogens is 3. The Morgan fingerprint density at radius 1 is 1.19 bits per heavy atom. The topological polar surface area (TPSA) is 83.6 Å². The van der Waals surface area contributed by atoms with E-state index in [9.17, 15) is 10.1 Å². The lowest BCUT2D eigenvalue weighted by molar-refractivity contribution is -0.116. The molecule has 27 heavy (non-hydrogen) atoms. The van der Waals surface area contributed by atoms with Gasteiger partial charge in [-0.3, -0.25) is 4.79 Å². The Hall–Kier alpha value is -3.72. The molecule has 2 aromatic carbocycles. The average molecular weight is 357 g/mol. The van der Waals surface area contributed by atoms with E-state index in [-0.39, 0.29) is 5.91 Å². The van der Waals surface area contributed by atoms with E-state index in [1.807, 2.05) is 54.6 Å². The van der Waals surface area contributed by atoms with Gasteiger partial charge >= 0.3 is 0 Å². The number of carbonyl (C=O) groups is 1. The summed E-state index contributed by atoms with van der Waals surface area (Å²) in [6.07, 6.45) is 6.64. The molecule has 0 saturated heterocycles. The van der Waals surface area contributed by atoms with Gasteiger partial charge < -0.3 is 5.32 Å². The van der Waals surface area contributed by atoms with E-state index in [0.717, 1.165) is 29.7 Å². The van der Waals surface area contributed by atoms with Crippen molar-refractivity contribution in [2.24, 2.45) is 0 Å². The van der Waals surface area contributed by atoms with E-state index >= 15 is 0 Å². The number of nitriles is 1. The Morgan fingerprint density at radius 3 is 2.78 bits per heavy atom. The molecule has 6 heteroatoms. The van der Waals surface area contributed by atoms with Crippen LogP contribution in [0, 0.1) is 11.3 Å². The predicted octanol–water partition coefficient (Wildman–Crippen LogP) is 3.76. The van der Waals surface area contributed by atoms with Gasteiger partial charge in [0.1, 0.15) is 24.4 Å². The van der Waals surface area contributed by atoms with Crippen LogP contribution in [0.3, 0.4) is 0 Å². The molecule has 0 bridgehead atoms. The highest BCUT2D eigenvalue weighted by molar-refractivity contribution is 5.90. The number of anilines is 1. The van der Waals surface area contributed by atoms with Gasteiger partial charge in [0, 0.05) is 12.1 Å². The second kappa shape index (κ2) is 9.11. The summed E-state index contributed by atoms with van der Waals surface area (Å²) in [6, 6.07) is 19.5. The summed E-state index contributed by atoms with van der Waals surface area (Å²) in [5.74, 6) is 0.00944. The van der Waals surface area contributed by atoms with Gasteiger partial charge in [-0.25, -0.2) is 9.67 Å². The van der Waals surface area contributed by atoms with E-state index in [2.05, 4.69) is 21.5 Å². The molecule has 1 N–H and O–H groups in total. The van der Waals surface area contributed by atoms with Crippen LogP contribution >= 0.6 is 0 Å². The number of rotatable bonds is 7. The standard InChI is InChI=1S/C21H19N5O/c22-14-20(26-16-23-15-24-26)13-18-8-4-6-17(12-18)7-5-11-21(27)25-19-9-2-1-3-10-19/h1-4,6,8-10,12-13,15-16H,5,7,11H2,(H,25,27). The molecule has 0 spiro atoms. The molecule has 0 aliphatic heterocycles. The van der Waals surface area contributed by atoms with Gasteiger partial charge in [-0.15, -0.1) is 0 Å². The molecular formula is C21H19N5O. The summed E-state index contributed by atoms with van der Waals surface area (Å²) < 4.78 is 1.43. The van der Waals surface area contributed by atoms with Gasteiger partial charge in [-0.05, 0) is 42.2 Å². The number of amides is 1. The van der Waals surface area contributed by atoms with Crippen molar-refractivity contribution in [2.75, 3.05) is 5.32 Å². The zero-order valence-corrected chi connectivity index (χ0v) is 14.7. The molecule has 134 valence electrons. The Labute approximate surface area is 157 Å². The fraction of sp³-hybridized carbons (Fsp3) is 0.143. The van der Waals surface area contributed by atoms with Crippen molar-refractivity contribution in [3.8, 4) is 6.07 Å². The summed E-state index contributed by atoms with van der Waals surface area (Å²) >= 11 is 0. The minimum atomic E-state index is 0.00944. The molecule has 6 nitrogen and oxygen atoms in total. The summed E-state index contributed by atoms with van der Waals surface area (Å²) in [7, 11) is 0. The minimum Gasteiger partial charge on any atom is -0.326 e. The number of nitrogens with zero attached hydrogens (tertiary/aromatic N) is 4. The monoisotopic (exact) mass is 357 g/mol. The van der Waals surface area contributed by atoms with Crippen LogP contribution in [0.4, 0.5) is 5.69 Å². The molecule has 0 unspecified atom stereocenters. The van der Waals surface area contributed by atoms with Crippen LogP contribution in [0.15, 0.2) is 67.3 Å². The van der Waals surface area contributed by atoms with Crippen molar-refractivity contribution in [3.05, 3.63) is 78.4 Å². The lowest BCUT2D eigenvalue weighted by atomic mass is 10.0. The van der Waals surface area contributed by atoms with Crippen LogP contribution in [0.1, 0.15) is 24.0 Å². The van der Waals surface area contributed by atoms with Gasteiger partial charge in [0.2, 0.25) is 5.91 Å². The van der Waals surface area contributed by atoms with Crippen molar-refractivity contribution in [1.82, 2.24) is 14.8 Å². The third kappa shape index (κ3) is 5.38. The molecule has 0 fully saturated rings. The average Bonchev–Trinajstić information content (AvgIpc) is 3.22. The molecule has 0 atom stereocenters. The van der Waals surface area contributed by atoms with Crippen molar-refractivity contribution < 1.29 is 4.79 Å². The fourth-order valence-electron chi connectivity index (χ4n) is 2.68. The molecule has 1 heterocycles. The summed E-state index contributed by atoms with van der Waals surface area (Å²) in [4.78, 5) is 15.9. The van der Waals surface area contributed by atoms with E-state index in [0.29, 0.717) is 12.1 Å². The third-order valence-electron chi connectivity index (χ3n) is 3.96. The van der Waals surface area contributed by atoms with E-state index in [4.69, 9.17) is 0 Å². The van der Waals surface area contributed by atoms with Crippen LogP contribution in [0.2, 0.25) is 0 Å². The second-order valence-electron chi connectivity index (χ2n) is 5.99. The quantitative estimate of drug-likeness (QED) is 0.653. The van der Waals surface area contributed by atoms with Gasteiger partial charge in [0.15, 0.2) is 0 Å². The van der Waals surface area contributed by atoms with Gasteiger partial charge in [0.25, 0.3) is 0 Å². The normalized spacial score (nSPS) is 11.0. The van der Waals surface area contributed by atoms with Crippen molar-refractivity contribution in [2.45, 2.75) is 19.3 Å². The van der Waals surface area contributed by atoms with Crippen LogP contribution in [-0.4, -0.2) is 20.7 Å². The van der Waals surface area contributed by atoms with Crippen LogP contribution in [0.5, 0.6) is 0 Å². The summed E-state index contributed by atoms with van der Waals surface area (Å²) in [6.45, 7) is 0. The number of benzene rings is 2. The summed E-state index contributed by atoms with van der Waals surface area (Å²) in [5, 5.41) is 16.2. The first-order valence-corrected chi connectivity index (χ1v) is 8.65. The highest BCUT2D eigenvalue weighted by atomic mass is 16.1. The largest absolute Gasteiger partial charge is 0.326 e. The Kier molecular flexibility index (Phi) is 6.10. The van der Waals surface area contributed by atoms with Crippen LogP contribution in [-0.2, 0) is 11.2 Å². The molecule has 1 amide bonds. The molecule has 0 aliphatic carbocycles. The van der Waals surface area contributed by atoms with Crippen LogP contribution < -0.4 is 5.32 Å². The number of hydrogen-bond acceptors (Lipinski definition) is 4. The Morgan fingerprint density at radius 2 is 2.04 bits per heavy atom. The highest BCUT2D eigenvalue weighted by Crippen LogP contribution is 2.14. The van der Waals surface area contributed by atoms with Gasteiger partial charge in [0.05, 0.1) is 0 Å². The molecule has 1 aromatic heterocycles. The van der Waals surface area contributed by atoms with E-state index in [1.54, 1.807) is 6.08 Å². The van der Waals surface area contributed by atoms with Crippen LogP contribution in [0.25, 0.3) is 11.8 Å². The highest BCUT2D eigenvalue weighted by Gasteiger charge is 2.04. The molecular weight excluding hydrogens is 338 g/mol. The number of nitrogens with one attached hydrogen (secondary N) is 1. The maximum atomic E-state index is 12.0. The van der Waals surface area contributed by atoms with Gasteiger partial charge in [-0.1, -0.05) is 42.5 Å². The minimum absolute atomic E-state index is 0.00944. The smallest absolute Gasteiger partial charge is 0.224 e. The maximum absolute atomic E-state index is 12.0. The number of aryl methyl sites for hydroxylation is 1. The zero-order chi connectivity index (χ0) is 18.9. The lowest BCUT2D eigenvalue weighted by Crippen LogP contribution is -2.11. The third-order valence-corrected chi connectivity index (χ3v) is 3.96. The molecule has 0 aliphatic rings. The lowest BCUT2D eigenvalue weighted by Gasteiger charge is -2.06. The first-order valence-electron chi connectivity index (χ1n) is 8.65.